The fourth-order valence-electron chi connectivity index (χ4n) is 4.04. The van der Waals surface area contributed by atoms with Crippen LogP contribution < -0.4 is 11.1 Å². The van der Waals surface area contributed by atoms with E-state index in [0.717, 1.165) is 22.3 Å². The van der Waals surface area contributed by atoms with Crippen LogP contribution in [0, 0.1) is 20.8 Å². The third kappa shape index (κ3) is 3.81. The van der Waals surface area contributed by atoms with E-state index >= 15 is 0 Å². The molecule has 2 saturated heterocycles. The fraction of sp³-hybridized carbons (Fsp3) is 0.333. The van der Waals surface area contributed by atoms with Crippen LogP contribution in [0.2, 0.25) is 0 Å². The number of amides is 2. The first-order valence-corrected chi connectivity index (χ1v) is 11.6. The van der Waals surface area contributed by atoms with Gasteiger partial charge in [0.05, 0.1) is 11.3 Å². The third-order valence-electron chi connectivity index (χ3n) is 5.48. The highest BCUT2D eigenvalue weighted by molar-refractivity contribution is 8.00. The molecule has 2 fully saturated rings. The van der Waals surface area contributed by atoms with Crippen LogP contribution in [0.1, 0.15) is 27.9 Å². The number of aromatic nitrogens is 1. The smallest absolute Gasteiger partial charge is 0.327 e. The Morgan fingerprint density at radius 2 is 1.97 bits per heavy atom. The number of carbonyl (C=O) groups excluding carboxylic acids is 2. The molecule has 8 nitrogen and oxygen atoms in total. The van der Waals surface area contributed by atoms with E-state index < -0.39 is 24.0 Å². The van der Waals surface area contributed by atoms with E-state index in [1.165, 1.54) is 28.0 Å². The third-order valence-corrected chi connectivity index (χ3v) is 7.50. The van der Waals surface area contributed by atoms with Crippen molar-refractivity contribution in [1.82, 2.24) is 15.2 Å². The lowest BCUT2D eigenvalue weighted by Crippen LogP contribution is -2.70. The number of aliphatic carboxylic acids is 1. The van der Waals surface area contributed by atoms with Gasteiger partial charge < -0.3 is 21.1 Å². The predicted octanol–water partition coefficient (Wildman–Crippen LogP) is 2.04. The van der Waals surface area contributed by atoms with E-state index in [1.807, 2.05) is 32.9 Å². The van der Waals surface area contributed by atoms with Crippen LogP contribution in [-0.2, 0) is 14.4 Å². The number of hydrogen-bond donors (Lipinski definition) is 3. The van der Waals surface area contributed by atoms with Crippen LogP contribution in [-0.4, -0.2) is 56.0 Å². The zero-order chi connectivity index (χ0) is 22.4. The number of nitrogens with zero attached hydrogens (tertiary/aromatic N) is 2. The largest absolute Gasteiger partial charge is 0.480 e. The first-order valence-electron chi connectivity index (χ1n) is 9.65. The van der Waals surface area contributed by atoms with E-state index in [4.69, 9.17) is 5.73 Å². The second kappa shape index (κ2) is 8.01. The van der Waals surface area contributed by atoms with Gasteiger partial charge in [0, 0.05) is 11.1 Å². The zero-order valence-corrected chi connectivity index (χ0v) is 18.8. The maximum atomic E-state index is 13.2. The van der Waals surface area contributed by atoms with E-state index in [1.54, 1.807) is 11.5 Å². The molecular formula is C21H22N4O4S2. The standard InChI is InChI=1S/C21H22N4O4S2/c1-9-4-10(2)12(11(3)5-9)6-13(14-7-31-21(22)23-14)17(26)24-16-18(27)25-15(20(28)29)8-30-19(16)25/h4-7,15-16,19H,8H2,1-3H3,(H2,22,23)(H,24,26)(H,28,29)/b13-6-/t15?,16?,19-/m1/s1. The SMILES string of the molecule is Cc1cc(C)c(/C=C(\C(=O)NC2C(=O)N3C(C(=O)O)CS[C@H]23)c2csc(N)n2)c(C)c1. The first-order chi connectivity index (χ1) is 14.7. The summed E-state index contributed by atoms with van der Waals surface area (Å²) >= 11 is 2.59. The molecule has 1 aromatic carbocycles. The minimum Gasteiger partial charge on any atom is -0.480 e. The second-order valence-corrected chi connectivity index (χ2v) is 9.76. The number of aryl methyl sites for hydroxylation is 3. The van der Waals surface area contributed by atoms with Crippen molar-refractivity contribution in [1.29, 1.82) is 0 Å². The number of hydrogen-bond acceptors (Lipinski definition) is 7. The predicted molar refractivity (Wildman–Crippen MR) is 121 cm³/mol. The summed E-state index contributed by atoms with van der Waals surface area (Å²) in [6.07, 6.45) is 1.77. The van der Waals surface area contributed by atoms with Gasteiger partial charge in [0.15, 0.2) is 5.13 Å². The van der Waals surface area contributed by atoms with Crippen LogP contribution in [0.3, 0.4) is 0 Å². The summed E-state index contributed by atoms with van der Waals surface area (Å²) in [5.74, 6) is -1.54. The fourth-order valence-corrected chi connectivity index (χ4v) is 6.07. The van der Waals surface area contributed by atoms with E-state index in [9.17, 15) is 19.5 Å². The number of nitrogen functional groups attached to an aromatic ring is 1. The highest BCUT2D eigenvalue weighted by atomic mass is 32.2. The molecule has 31 heavy (non-hydrogen) atoms. The minimum atomic E-state index is -1.03. The normalized spacial score (nSPS) is 22.8. The lowest BCUT2D eigenvalue weighted by molar-refractivity contribution is -0.158. The summed E-state index contributed by atoms with van der Waals surface area (Å²) < 4.78 is 0. The van der Waals surface area contributed by atoms with Gasteiger partial charge in [0.2, 0.25) is 5.91 Å². The number of thioether (sulfide) groups is 1. The number of fused-ring (bicyclic) bond motifs is 1. The molecule has 0 saturated carbocycles. The van der Waals surface area contributed by atoms with E-state index in [0.29, 0.717) is 22.2 Å². The molecule has 162 valence electrons. The summed E-state index contributed by atoms with van der Waals surface area (Å²) in [6.45, 7) is 5.97. The number of thiazole rings is 1. The monoisotopic (exact) mass is 458 g/mol. The first kappa shape index (κ1) is 21.4. The molecule has 0 bridgehead atoms. The van der Waals surface area contributed by atoms with Crippen molar-refractivity contribution < 1.29 is 19.5 Å². The maximum Gasteiger partial charge on any atom is 0.327 e. The number of carboxylic acid groups (broad SMARTS) is 1. The van der Waals surface area contributed by atoms with E-state index in [2.05, 4.69) is 10.3 Å². The quantitative estimate of drug-likeness (QED) is 0.462. The van der Waals surface area contributed by atoms with Gasteiger partial charge in [-0.2, -0.15) is 0 Å². The average molecular weight is 459 g/mol. The maximum absolute atomic E-state index is 13.2. The molecule has 2 amide bonds. The zero-order valence-electron chi connectivity index (χ0n) is 17.2. The van der Waals surface area contributed by atoms with Gasteiger partial charge in [-0.3, -0.25) is 9.59 Å². The number of rotatable bonds is 5. The highest BCUT2D eigenvalue weighted by Crippen LogP contribution is 2.40. The van der Waals surface area contributed by atoms with Crippen LogP contribution >= 0.6 is 23.1 Å². The van der Waals surface area contributed by atoms with Crippen LogP contribution in [0.5, 0.6) is 0 Å². The van der Waals surface area contributed by atoms with Crippen LogP contribution in [0.4, 0.5) is 5.13 Å². The van der Waals surface area contributed by atoms with Gasteiger partial charge >= 0.3 is 5.97 Å². The number of β-lactam (4-membered cyclic amide) rings is 1. The molecule has 4 rings (SSSR count). The lowest BCUT2D eigenvalue weighted by atomic mass is 9.96. The van der Waals surface area contributed by atoms with Crippen molar-refractivity contribution in [2.24, 2.45) is 0 Å². The van der Waals surface area contributed by atoms with Crippen molar-refractivity contribution in [3.63, 3.8) is 0 Å². The molecule has 1 aromatic heterocycles. The second-order valence-electron chi connectivity index (χ2n) is 7.72. The molecule has 10 heteroatoms. The molecule has 2 unspecified atom stereocenters. The summed E-state index contributed by atoms with van der Waals surface area (Å²) in [6, 6.07) is 2.47. The van der Waals surface area contributed by atoms with Crippen LogP contribution in [0.15, 0.2) is 17.5 Å². The lowest BCUT2D eigenvalue weighted by Gasteiger charge is -2.43. The van der Waals surface area contributed by atoms with Gasteiger partial charge in [-0.05, 0) is 43.5 Å². The number of nitrogens with two attached hydrogens (primary N) is 1. The number of carbonyl (C=O) groups is 3. The molecule has 4 N–H and O–H groups in total. The summed E-state index contributed by atoms with van der Waals surface area (Å²) in [5.41, 5.74) is 10.6. The Hall–Kier alpha value is -2.85. The van der Waals surface area contributed by atoms with Crippen LogP contribution in [0.25, 0.3) is 11.6 Å². The molecule has 0 aliphatic carbocycles. The van der Waals surface area contributed by atoms with E-state index in [-0.39, 0.29) is 11.3 Å². The Labute approximate surface area is 187 Å². The van der Waals surface area contributed by atoms with Gasteiger partial charge in [-0.1, -0.05) is 17.7 Å². The molecule has 0 radical (unpaired) electrons. The van der Waals surface area contributed by atoms with Crippen molar-refractivity contribution >= 4 is 57.7 Å². The summed E-state index contributed by atoms with van der Waals surface area (Å²) in [4.78, 5) is 42.7. The Morgan fingerprint density at radius 3 is 2.55 bits per heavy atom. The molecule has 3 heterocycles. The Bertz CT molecular complexity index is 1100. The minimum absolute atomic E-state index is 0.311. The van der Waals surface area contributed by atoms with Gasteiger partial charge in [0.1, 0.15) is 17.5 Å². The van der Waals surface area contributed by atoms with Crippen molar-refractivity contribution in [2.45, 2.75) is 38.2 Å². The highest BCUT2D eigenvalue weighted by Gasteiger charge is 2.57. The summed E-state index contributed by atoms with van der Waals surface area (Å²) in [7, 11) is 0. The van der Waals surface area contributed by atoms with Gasteiger partial charge in [-0.25, -0.2) is 9.78 Å². The van der Waals surface area contributed by atoms with Gasteiger partial charge in [-0.15, -0.1) is 23.1 Å². The van der Waals surface area contributed by atoms with Crippen molar-refractivity contribution in [3.8, 4) is 0 Å². The summed E-state index contributed by atoms with van der Waals surface area (Å²) in [5, 5.41) is 13.7. The average Bonchev–Trinajstić information content (AvgIpc) is 3.29. The number of nitrogens with one attached hydrogen (secondary N) is 1. The molecule has 0 spiro atoms. The van der Waals surface area contributed by atoms with Crippen molar-refractivity contribution in [3.05, 3.63) is 45.5 Å². The number of anilines is 1. The molecular weight excluding hydrogens is 436 g/mol. The number of benzene rings is 1. The molecule has 2 aliphatic heterocycles. The number of carboxylic acids is 1. The molecule has 2 aliphatic rings. The van der Waals surface area contributed by atoms with Crippen molar-refractivity contribution in [2.75, 3.05) is 11.5 Å². The topological polar surface area (TPSA) is 126 Å². The van der Waals surface area contributed by atoms with Gasteiger partial charge in [0.25, 0.3) is 5.91 Å². The molecule has 2 aromatic rings. The molecule has 3 atom stereocenters. The Balaban J connectivity index is 1.64. The Kier molecular flexibility index (Phi) is 5.52. The Morgan fingerprint density at radius 1 is 1.29 bits per heavy atom.